The van der Waals surface area contributed by atoms with Gasteiger partial charge >= 0.3 is 0 Å². The highest BCUT2D eigenvalue weighted by atomic mass is 32.2. The number of aliphatic hydroxyl groups is 1. The van der Waals surface area contributed by atoms with Crippen molar-refractivity contribution in [1.82, 2.24) is 4.90 Å². The van der Waals surface area contributed by atoms with Gasteiger partial charge in [-0.3, -0.25) is 9.08 Å². The third-order valence-electron chi connectivity index (χ3n) is 6.47. The van der Waals surface area contributed by atoms with E-state index in [1.807, 2.05) is 25.1 Å². The molecular weight excluding hydrogens is 432 g/mol. The van der Waals surface area contributed by atoms with Gasteiger partial charge in [0.05, 0.1) is 17.5 Å². The van der Waals surface area contributed by atoms with Crippen molar-refractivity contribution in [1.29, 1.82) is 0 Å². The van der Waals surface area contributed by atoms with E-state index in [2.05, 4.69) is 21.9 Å². The van der Waals surface area contributed by atoms with Crippen LogP contribution in [0.25, 0.3) is 0 Å². The molecule has 9 heteroatoms. The molecule has 3 saturated heterocycles. The molecule has 8 nitrogen and oxygen atoms in total. The van der Waals surface area contributed by atoms with Gasteiger partial charge in [-0.25, -0.2) is 0 Å². The monoisotopic (exact) mass is 460 g/mol. The van der Waals surface area contributed by atoms with Gasteiger partial charge in [0, 0.05) is 31.9 Å². The first kappa shape index (κ1) is 21.8. The Balaban J connectivity index is 1.30. The van der Waals surface area contributed by atoms with Gasteiger partial charge in [0.15, 0.2) is 12.4 Å². The predicted molar refractivity (Wildman–Crippen MR) is 118 cm³/mol. The zero-order valence-electron chi connectivity index (χ0n) is 17.9. The number of rotatable bonds is 5. The molecule has 3 aliphatic heterocycles. The molecule has 0 aliphatic carbocycles. The molecule has 0 unspecified atom stereocenters. The van der Waals surface area contributed by atoms with Crippen molar-refractivity contribution in [3.05, 3.63) is 60.2 Å². The minimum absolute atomic E-state index is 0.0449. The molecule has 5 rings (SSSR count). The maximum Gasteiger partial charge on any atom is 0.297 e. The summed E-state index contributed by atoms with van der Waals surface area (Å²) in [5.74, 6) is 0. The number of ether oxygens (including phenoxy) is 2. The summed E-state index contributed by atoms with van der Waals surface area (Å²) >= 11 is 0. The van der Waals surface area contributed by atoms with Gasteiger partial charge < -0.3 is 19.5 Å². The van der Waals surface area contributed by atoms with E-state index in [9.17, 15) is 13.5 Å². The summed E-state index contributed by atoms with van der Waals surface area (Å²) in [4.78, 5) is 4.51. The molecule has 1 N–H and O–H groups in total. The minimum atomic E-state index is -4.08. The van der Waals surface area contributed by atoms with Crippen LogP contribution in [0.4, 0.5) is 5.69 Å². The molecule has 172 valence electrons. The van der Waals surface area contributed by atoms with E-state index in [0.29, 0.717) is 6.61 Å². The van der Waals surface area contributed by atoms with Gasteiger partial charge in [-0.15, -0.1) is 0 Å². The maximum atomic E-state index is 12.9. The lowest BCUT2D eigenvalue weighted by atomic mass is 9.95. The third-order valence-corrected chi connectivity index (χ3v) is 7.80. The van der Waals surface area contributed by atoms with E-state index < -0.39 is 34.7 Å². The van der Waals surface area contributed by atoms with Crippen molar-refractivity contribution in [2.24, 2.45) is 0 Å². The fourth-order valence-electron chi connectivity index (χ4n) is 4.74. The number of piperazine rings is 1. The largest absolute Gasteiger partial charge is 0.388 e. The lowest BCUT2D eigenvalue weighted by Crippen LogP contribution is -2.64. The van der Waals surface area contributed by atoms with Gasteiger partial charge in [0.1, 0.15) is 12.2 Å². The number of benzene rings is 2. The summed E-state index contributed by atoms with van der Waals surface area (Å²) in [6, 6.07) is 16.2. The van der Waals surface area contributed by atoms with Crippen molar-refractivity contribution < 1.29 is 27.2 Å². The third kappa shape index (κ3) is 4.16. The lowest BCUT2D eigenvalue weighted by Gasteiger charge is -2.46. The highest BCUT2D eigenvalue weighted by molar-refractivity contribution is 7.86. The summed E-state index contributed by atoms with van der Waals surface area (Å²) in [5.41, 5.74) is 2.11. The molecule has 5 atom stereocenters. The summed E-state index contributed by atoms with van der Waals surface area (Å²) in [5, 5.41) is 11.2. The minimum Gasteiger partial charge on any atom is -0.388 e. The predicted octanol–water partition coefficient (Wildman–Crippen LogP) is 1.38. The Kier molecular flexibility index (Phi) is 5.96. The van der Waals surface area contributed by atoms with E-state index in [-0.39, 0.29) is 11.0 Å². The lowest BCUT2D eigenvalue weighted by molar-refractivity contribution is -0.208. The van der Waals surface area contributed by atoms with Crippen LogP contribution >= 0.6 is 0 Å². The van der Waals surface area contributed by atoms with Crippen molar-refractivity contribution in [3.8, 4) is 0 Å². The van der Waals surface area contributed by atoms with Crippen molar-refractivity contribution >= 4 is 15.8 Å². The quantitative estimate of drug-likeness (QED) is 0.670. The van der Waals surface area contributed by atoms with Crippen LogP contribution in [-0.4, -0.2) is 81.9 Å². The topological polar surface area (TPSA) is 88.5 Å². The van der Waals surface area contributed by atoms with Gasteiger partial charge in [0.2, 0.25) is 0 Å². The van der Waals surface area contributed by atoms with E-state index >= 15 is 0 Å². The number of hydrogen-bond donors (Lipinski definition) is 1. The van der Waals surface area contributed by atoms with Crippen LogP contribution in [0.3, 0.4) is 0 Å². The zero-order valence-corrected chi connectivity index (χ0v) is 18.7. The molecule has 3 heterocycles. The molecule has 2 bridgehead atoms. The van der Waals surface area contributed by atoms with Crippen molar-refractivity contribution in [3.63, 3.8) is 0 Å². The molecule has 0 radical (unpaired) electrons. The van der Waals surface area contributed by atoms with Crippen molar-refractivity contribution in [2.75, 3.05) is 37.7 Å². The summed E-state index contributed by atoms with van der Waals surface area (Å²) in [7, 11) is -4.08. The van der Waals surface area contributed by atoms with Crippen LogP contribution in [0.1, 0.15) is 5.56 Å². The van der Waals surface area contributed by atoms with E-state index in [0.717, 1.165) is 31.7 Å². The fraction of sp³-hybridized carbons (Fsp3) is 0.478. The van der Waals surface area contributed by atoms with E-state index in [1.165, 1.54) is 17.8 Å². The molecule has 2 aromatic rings. The van der Waals surface area contributed by atoms with Crippen LogP contribution in [0.15, 0.2) is 59.5 Å². The Morgan fingerprint density at radius 2 is 1.69 bits per heavy atom. The van der Waals surface area contributed by atoms with Crippen molar-refractivity contribution in [2.45, 2.75) is 42.5 Å². The normalized spacial score (nSPS) is 31.1. The second kappa shape index (κ2) is 8.74. The number of nitrogens with zero attached hydrogens (tertiary/aromatic N) is 2. The molecule has 32 heavy (non-hydrogen) atoms. The maximum absolute atomic E-state index is 12.9. The van der Waals surface area contributed by atoms with Crippen LogP contribution in [0.5, 0.6) is 0 Å². The molecule has 0 amide bonds. The summed E-state index contributed by atoms with van der Waals surface area (Å²) in [6.45, 7) is 5.23. The number of aliphatic hydroxyl groups excluding tert-OH is 1. The Bertz CT molecular complexity index is 1020. The average Bonchev–Trinajstić information content (AvgIpc) is 3.23. The SMILES string of the molecule is Cc1ccc(S(=O)(=O)O[C@@H]2[C@H]3OC[C@H](O3)[C@H](N3CCN(c4ccccc4)CC3)[C@H]2O)cc1. The molecule has 2 aromatic carbocycles. The first-order valence-corrected chi connectivity index (χ1v) is 12.3. The highest BCUT2D eigenvalue weighted by Crippen LogP contribution is 2.35. The second-order valence-electron chi connectivity index (χ2n) is 8.54. The van der Waals surface area contributed by atoms with E-state index in [1.54, 1.807) is 12.1 Å². The standard InChI is InChI=1S/C23H28N2O6S/c1-16-7-9-18(10-8-16)32(27,28)31-22-21(26)20(19-15-29-23(22)30-19)25-13-11-24(12-14-25)17-5-3-2-4-6-17/h2-10,19-23,26H,11-15H2,1H3/t19-,20-,21+,22-,23-/m0/s1. The van der Waals surface area contributed by atoms with Crippen LogP contribution in [0.2, 0.25) is 0 Å². The Morgan fingerprint density at radius 1 is 1.00 bits per heavy atom. The zero-order chi connectivity index (χ0) is 22.3. The molecule has 0 spiro atoms. The smallest absolute Gasteiger partial charge is 0.297 e. The Hall–Kier alpha value is -2.01. The average molecular weight is 461 g/mol. The Labute approximate surface area is 188 Å². The number of hydrogen-bond acceptors (Lipinski definition) is 8. The second-order valence-corrected chi connectivity index (χ2v) is 10.1. The van der Waals surface area contributed by atoms with Gasteiger partial charge in [-0.2, -0.15) is 8.42 Å². The number of fused-ring (bicyclic) bond motifs is 2. The molecular formula is C23H28N2O6S. The molecule has 0 saturated carbocycles. The van der Waals surface area contributed by atoms with Crippen LogP contribution < -0.4 is 4.90 Å². The summed E-state index contributed by atoms with van der Waals surface area (Å²) in [6.07, 6.45) is -3.40. The first-order valence-electron chi connectivity index (χ1n) is 10.9. The van der Waals surface area contributed by atoms with Gasteiger partial charge in [-0.05, 0) is 31.2 Å². The molecule has 0 aromatic heterocycles. The van der Waals surface area contributed by atoms with Gasteiger partial charge in [-0.1, -0.05) is 35.9 Å². The highest BCUT2D eigenvalue weighted by Gasteiger charge is 2.54. The van der Waals surface area contributed by atoms with Crippen LogP contribution in [0, 0.1) is 6.92 Å². The van der Waals surface area contributed by atoms with Crippen LogP contribution in [-0.2, 0) is 23.8 Å². The molecule has 3 fully saturated rings. The number of aryl methyl sites for hydroxylation is 1. The van der Waals surface area contributed by atoms with Gasteiger partial charge in [0.25, 0.3) is 10.1 Å². The molecule has 3 aliphatic rings. The van der Waals surface area contributed by atoms with E-state index in [4.69, 9.17) is 13.7 Å². The number of para-hydroxylation sites is 1. The fourth-order valence-corrected chi connectivity index (χ4v) is 5.82. The first-order chi connectivity index (χ1) is 15.4. The number of anilines is 1. The summed E-state index contributed by atoms with van der Waals surface area (Å²) < 4.78 is 42.8. The Morgan fingerprint density at radius 3 is 2.38 bits per heavy atom.